The number of benzene rings is 1. The van der Waals surface area contributed by atoms with Crippen LogP contribution in [-0.2, 0) is 7.05 Å². The summed E-state index contributed by atoms with van der Waals surface area (Å²) in [6.45, 7) is 5.54. The number of hydrogen-bond donors (Lipinski definition) is 1. The molecule has 0 radical (unpaired) electrons. The highest BCUT2D eigenvalue weighted by atomic mass is 16.2. The van der Waals surface area contributed by atoms with E-state index in [9.17, 15) is 4.79 Å². The lowest BCUT2D eigenvalue weighted by molar-refractivity contribution is 0.0923. The second kappa shape index (κ2) is 6.98. The highest BCUT2D eigenvalue weighted by Crippen LogP contribution is 2.23. The summed E-state index contributed by atoms with van der Waals surface area (Å²) in [6.07, 6.45) is 1.96. The maximum Gasteiger partial charge on any atom is 0.269 e. The lowest BCUT2D eigenvalue weighted by atomic mass is 10.1. The lowest BCUT2D eigenvalue weighted by Gasteiger charge is -2.34. The van der Waals surface area contributed by atoms with Crippen LogP contribution in [0.1, 0.15) is 34.7 Å². The number of aryl methyl sites for hydroxylation is 3. The summed E-state index contributed by atoms with van der Waals surface area (Å²) in [5.41, 5.74) is 4.16. The molecule has 0 saturated carbocycles. The molecule has 140 valence electrons. The average molecular weight is 364 g/mol. The van der Waals surface area contributed by atoms with E-state index in [1.165, 1.54) is 0 Å². The second-order valence-corrected chi connectivity index (χ2v) is 7.17. The van der Waals surface area contributed by atoms with Gasteiger partial charge in [0.25, 0.3) is 5.91 Å². The normalized spacial score (nSPS) is 17.3. The number of rotatable bonds is 3. The monoisotopic (exact) mass is 364 g/mol. The molecule has 7 nitrogen and oxygen atoms in total. The van der Waals surface area contributed by atoms with Gasteiger partial charge >= 0.3 is 0 Å². The van der Waals surface area contributed by atoms with Crippen molar-refractivity contribution < 1.29 is 4.79 Å². The summed E-state index contributed by atoms with van der Waals surface area (Å²) >= 11 is 0. The van der Waals surface area contributed by atoms with E-state index in [1.54, 1.807) is 11.7 Å². The van der Waals surface area contributed by atoms with Crippen molar-refractivity contribution in [1.29, 1.82) is 0 Å². The molecule has 1 aromatic carbocycles. The lowest BCUT2D eigenvalue weighted by Crippen LogP contribution is -2.48. The van der Waals surface area contributed by atoms with E-state index < -0.39 is 0 Å². The molecule has 1 N–H and O–H groups in total. The number of nitrogens with zero attached hydrogens (tertiary/aromatic N) is 5. The van der Waals surface area contributed by atoms with E-state index in [1.807, 2.05) is 44.2 Å². The maximum absolute atomic E-state index is 12.6. The molecule has 1 aliphatic heterocycles. The molecule has 27 heavy (non-hydrogen) atoms. The molecule has 1 atom stereocenters. The molecule has 1 saturated heterocycles. The zero-order valence-corrected chi connectivity index (χ0v) is 15.9. The number of piperidine rings is 1. The molecule has 1 amide bonds. The van der Waals surface area contributed by atoms with Crippen LogP contribution in [0.2, 0.25) is 0 Å². The predicted molar refractivity (Wildman–Crippen MR) is 105 cm³/mol. The Labute approximate surface area is 158 Å². The SMILES string of the molecule is Cc1cc(C(=O)NC2CCCN(c3nc4ccccc4nc3C)C2)n(C)n1. The van der Waals surface area contributed by atoms with Crippen LogP contribution in [0.25, 0.3) is 11.0 Å². The highest BCUT2D eigenvalue weighted by Gasteiger charge is 2.25. The smallest absolute Gasteiger partial charge is 0.269 e. The van der Waals surface area contributed by atoms with Gasteiger partial charge in [-0.1, -0.05) is 12.1 Å². The van der Waals surface area contributed by atoms with Crippen molar-refractivity contribution in [2.75, 3.05) is 18.0 Å². The Morgan fingerprint density at radius 2 is 1.93 bits per heavy atom. The third-order valence-electron chi connectivity index (χ3n) is 5.01. The zero-order chi connectivity index (χ0) is 19.0. The standard InChI is InChI=1S/C20H24N6O/c1-13-11-18(25(3)24-13)20(27)22-15-7-6-10-26(12-15)19-14(2)21-16-8-4-5-9-17(16)23-19/h4-5,8-9,11,15H,6-7,10,12H2,1-3H3,(H,22,27). The minimum Gasteiger partial charge on any atom is -0.353 e. The van der Waals surface area contributed by atoms with Gasteiger partial charge < -0.3 is 10.2 Å². The summed E-state index contributed by atoms with van der Waals surface area (Å²) < 4.78 is 1.63. The number of aromatic nitrogens is 4. The van der Waals surface area contributed by atoms with Crippen molar-refractivity contribution >= 4 is 22.8 Å². The third kappa shape index (κ3) is 3.49. The van der Waals surface area contributed by atoms with Crippen molar-refractivity contribution in [3.8, 4) is 0 Å². The van der Waals surface area contributed by atoms with E-state index in [0.717, 1.165) is 54.2 Å². The van der Waals surface area contributed by atoms with Crippen LogP contribution in [0.4, 0.5) is 5.82 Å². The molecule has 1 aliphatic rings. The number of carbonyl (C=O) groups is 1. The van der Waals surface area contributed by atoms with Crippen molar-refractivity contribution in [1.82, 2.24) is 25.1 Å². The summed E-state index contributed by atoms with van der Waals surface area (Å²) in [4.78, 5) is 24.4. The summed E-state index contributed by atoms with van der Waals surface area (Å²) in [5.74, 6) is 0.829. The van der Waals surface area contributed by atoms with Crippen LogP contribution in [0.15, 0.2) is 30.3 Å². The van der Waals surface area contributed by atoms with Gasteiger partial charge in [-0.3, -0.25) is 9.48 Å². The Bertz CT molecular complexity index is 995. The summed E-state index contributed by atoms with van der Waals surface area (Å²) in [7, 11) is 1.79. The summed E-state index contributed by atoms with van der Waals surface area (Å²) in [6, 6.07) is 9.81. The molecule has 2 aromatic heterocycles. The number of nitrogens with one attached hydrogen (secondary N) is 1. The molecule has 1 fully saturated rings. The van der Waals surface area contributed by atoms with Crippen LogP contribution < -0.4 is 10.2 Å². The van der Waals surface area contributed by atoms with Crippen LogP contribution in [0, 0.1) is 13.8 Å². The topological polar surface area (TPSA) is 75.9 Å². The van der Waals surface area contributed by atoms with Gasteiger partial charge in [0.2, 0.25) is 0 Å². The minimum atomic E-state index is -0.0775. The average Bonchev–Trinajstić information content (AvgIpc) is 2.99. The summed E-state index contributed by atoms with van der Waals surface area (Å²) in [5, 5.41) is 7.41. The Morgan fingerprint density at radius 3 is 2.63 bits per heavy atom. The van der Waals surface area contributed by atoms with Crippen LogP contribution in [-0.4, -0.2) is 44.8 Å². The number of fused-ring (bicyclic) bond motifs is 1. The first-order valence-electron chi connectivity index (χ1n) is 9.31. The maximum atomic E-state index is 12.6. The van der Waals surface area contributed by atoms with Gasteiger partial charge in [0.1, 0.15) is 5.69 Å². The first-order valence-corrected chi connectivity index (χ1v) is 9.31. The number of anilines is 1. The Balaban J connectivity index is 1.52. The van der Waals surface area contributed by atoms with E-state index in [2.05, 4.69) is 15.3 Å². The quantitative estimate of drug-likeness (QED) is 0.772. The van der Waals surface area contributed by atoms with Crippen molar-refractivity contribution in [2.45, 2.75) is 32.7 Å². The third-order valence-corrected chi connectivity index (χ3v) is 5.01. The van der Waals surface area contributed by atoms with E-state index in [0.29, 0.717) is 5.69 Å². The molecule has 0 bridgehead atoms. The van der Waals surface area contributed by atoms with Gasteiger partial charge in [0, 0.05) is 26.2 Å². The van der Waals surface area contributed by atoms with Crippen molar-refractivity contribution in [2.24, 2.45) is 7.05 Å². The fourth-order valence-electron chi connectivity index (χ4n) is 3.75. The van der Waals surface area contributed by atoms with E-state index in [4.69, 9.17) is 9.97 Å². The molecular formula is C20H24N6O. The van der Waals surface area contributed by atoms with Crippen molar-refractivity contribution in [3.05, 3.63) is 47.4 Å². The number of para-hydroxylation sites is 2. The largest absolute Gasteiger partial charge is 0.353 e. The van der Waals surface area contributed by atoms with E-state index in [-0.39, 0.29) is 11.9 Å². The Morgan fingerprint density at radius 1 is 1.19 bits per heavy atom. The molecule has 3 heterocycles. The van der Waals surface area contributed by atoms with Crippen LogP contribution in [0.5, 0.6) is 0 Å². The van der Waals surface area contributed by atoms with Gasteiger partial charge in [-0.2, -0.15) is 5.10 Å². The van der Waals surface area contributed by atoms with Crippen LogP contribution in [0.3, 0.4) is 0 Å². The zero-order valence-electron chi connectivity index (χ0n) is 15.9. The fraction of sp³-hybridized carbons (Fsp3) is 0.400. The number of hydrogen-bond acceptors (Lipinski definition) is 5. The first-order chi connectivity index (χ1) is 13.0. The molecule has 0 aliphatic carbocycles. The molecule has 7 heteroatoms. The minimum absolute atomic E-state index is 0.0775. The molecule has 1 unspecified atom stereocenters. The van der Waals surface area contributed by atoms with Gasteiger partial charge in [-0.25, -0.2) is 9.97 Å². The highest BCUT2D eigenvalue weighted by molar-refractivity contribution is 5.92. The molecule has 0 spiro atoms. The van der Waals surface area contributed by atoms with Gasteiger partial charge in [0.05, 0.1) is 22.4 Å². The van der Waals surface area contributed by atoms with Crippen LogP contribution >= 0.6 is 0 Å². The molecule has 4 rings (SSSR count). The Hall–Kier alpha value is -2.96. The van der Waals surface area contributed by atoms with Gasteiger partial charge in [-0.15, -0.1) is 0 Å². The fourth-order valence-corrected chi connectivity index (χ4v) is 3.75. The number of carbonyl (C=O) groups excluding carboxylic acids is 1. The number of amides is 1. The van der Waals surface area contributed by atoms with Crippen molar-refractivity contribution in [3.63, 3.8) is 0 Å². The predicted octanol–water partition coefficient (Wildman–Crippen LogP) is 2.38. The van der Waals surface area contributed by atoms with Gasteiger partial charge in [-0.05, 0) is 44.9 Å². The molecular weight excluding hydrogens is 340 g/mol. The van der Waals surface area contributed by atoms with Gasteiger partial charge in [0.15, 0.2) is 5.82 Å². The second-order valence-electron chi connectivity index (χ2n) is 7.17. The molecule has 3 aromatic rings. The first kappa shape index (κ1) is 17.5. The van der Waals surface area contributed by atoms with E-state index >= 15 is 0 Å². The Kier molecular flexibility index (Phi) is 4.51.